The lowest BCUT2D eigenvalue weighted by Gasteiger charge is -2.01. The van der Waals surface area contributed by atoms with Gasteiger partial charge in [0.2, 0.25) is 0 Å². The standard InChI is InChI=1S/C22H14Cl4/c23-19-11-9-17(21(25)13-19)7-5-15-1-2-16(4-3-15)6-8-18-10-12-20(24)14-22(18)26/h1-14H. The van der Waals surface area contributed by atoms with E-state index in [-0.39, 0.29) is 0 Å². The summed E-state index contributed by atoms with van der Waals surface area (Å²) in [7, 11) is 0. The van der Waals surface area contributed by atoms with Crippen molar-refractivity contribution in [1.29, 1.82) is 0 Å². The summed E-state index contributed by atoms with van der Waals surface area (Å²) in [5.74, 6) is 0. The van der Waals surface area contributed by atoms with Crippen LogP contribution in [-0.4, -0.2) is 0 Å². The molecule has 0 aliphatic carbocycles. The average Bonchev–Trinajstić information content (AvgIpc) is 2.61. The molecule has 0 radical (unpaired) electrons. The quantitative estimate of drug-likeness (QED) is 0.371. The molecule has 0 saturated carbocycles. The first kappa shape index (κ1) is 19.1. The van der Waals surface area contributed by atoms with Crippen molar-refractivity contribution >= 4 is 70.7 Å². The summed E-state index contributed by atoms with van der Waals surface area (Å²) in [6.45, 7) is 0. The van der Waals surface area contributed by atoms with Gasteiger partial charge in [-0.3, -0.25) is 0 Å². The van der Waals surface area contributed by atoms with Gasteiger partial charge >= 0.3 is 0 Å². The molecule has 0 heterocycles. The Labute approximate surface area is 173 Å². The van der Waals surface area contributed by atoms with Crippen molar-refractivity contribution in [1.82, 2.24) is 0 Å². The Morgan fingerprint density at radius 3 is 1.19 bits per heavy atom. The summed E-state index contributed by atoms with van der Waals surface area (Å²) < 4.78 is 0. The lowest BCUT2D eigenvalue weighted by molar-refractivity contribution is 1.61. The second kappa shape index (κ2) is 8.79. The van der Waals surface area contributed by atoms with Gasteiger partial charge in [-0.05, 0) is 46.5 Å². The molecule has 0 aliphatic rings. The molecule has 3 rings (SSSR count). The third-order valence-electron chi connectivity index (χ3n) is 3.77. The van der Waals surface area contributed by atoms with E-state index in [0.29, 0.717) is 20.1 Å². The van der Waals surface area contributed by atoms with Gasteiger partial charge < -0.3 is 0 Å². The van der Waals surface area contributed by atoms with Crippen molar-refractivity contribution in [3.05, 3.63) is 103 Å². The lowest BCUT2D eigenvalue weighted by Crippen LogP contribution is -1.78. The van der Waals surface area contributed by atoms with Gasteiger partial charge in [-0.2, -0.15) is 0 Å². The summed E-state index contributed by atoms with van der Waals surface area (Å²) in [6.07, 6.45) is 7.96. The normalized spacial score (nSPS) is 11.5. The molecular weight excluding hydrogens is 406 g/mol. The number of hydrogen-bond acceptors (Lipinski definition) is 0. The molecule has 0 bridgehead atoms. The van der Waals surface area contributed by atoms with Gasteiger partial charge in [-0.15, -0.1) is 0 Å². The largest absolute Gasteiger partial charge is 0.0843 e. The van der Waals surface area contributed by atoms with E-state index in [0.717, 1.165) is 22.3 Å². The molecule has 0 N–H and O–H groups in total. The first-order valence-electron chi connectivity index (χ1n) is 7.87. The molecule has 0 aromatic heterocycles. The minimum atomic E-state index is 0.629. The Morgan fingerprint density at radius 2 is 0.846 bits per heavy atom. The average molecular weight is 420 g/mol. The van der Waals surface area contributed by atoms with E-state index in [4.69, 9.17) is 46.4 Å². The van der Waals surface area contributed by atoms with Crippen LogP contribution >= 0.6 is 46.4 Å². The Morgan fingerprint density at radius 1 is 0.462 bits per heavy atom. The highest BCUT2D eigenvalue weighted by molar-refractivity contribution is 6.36. The van der Waals surface area contributed by atoms with Gasteiger partial charge in [0.05, 0.1) is 0 Å². The second-order valence-corrected chi connectivity index (χ2v) is 7.35. The molecule has 0 fully saturated rings. The van der Waals surface area contributed by atoms with Gasteiger partial charge in [0.15, 0.2) is 0 Å². The minimum absolute atomic E-state index is 0.629. The summed E-state index contributed by atoms with van der Waals surface area (Å²) >= 11 is 24.2. The molecule has 0 unspecified atom stereocenters. The van der Waals surface area contributed by atoms with Gasteiger partial charge in [0.25, 0.3) is 0 Å². The molecule has 0 atom stereocenters. The fraction of sp³-hybridized carbons (Fsp3) is 0. The van der Waals surface area contributed by atoms with E-state index in [2.05, 4.69) is 0 Å². The highest BCUT2D eigenvalue weighted by atomic mass is 35.5. The van der Waals surface area contributed by atoms with E-state index in [9.17, 15) is 0 Å². The van der Waals surface area contributed by atoms with Gasteiger partial charge in [0.1, 0.15) is 0 Å². The predicted octanol–water partition coefficient (Wildman–Crippen LogP) is 8.64. The third-order valence-corrected chi connectivity index (χ3v) is 4.90. The molecule has 0 amide bonds. The lowest BCUT2D eigenvalue weighted by atomic mass is 10.1. The van der Waals surface area contributed by atoms with Crippen LogP contribution in [0, 0.1) is 0 Å². The molecule has 3 aromatic rings. The smallest absolute Gasteiger partial charge is 0.0493 e. The monoisotopic (exact) mass is 418 g/mol. The summed E-state index contributed by atoms with van der Waals surface area (Å²) in [5, 5.41) is 2.52. The number of rotatable bonds is 4. The maximum absolute atomic E-state index is 6.18. The maximum atomic E-state index is 6.18. The zero-order valence-corrected chi connectivity index (χ0v) is 16.6. The first-order valence-corrected chi connectivity index (χ1v) is 9.39. The fourth-order valence-electron chi connectivity index (χ4n) is 2.36. The van der Waals surface area contributed by atoms with Crippen molar-refractivity contribution < 1.29 is 0 Å². The van der Waals surface area contributed by atoms with Crippen molar-refractivity contribution in [2.45, 2.75) is 0 Å². The maximum Gasteiger partial charge on any atom is 0.0493 e. The van der Waals surface area contributed by atoms with Crippen LogP contribution in [0.15, 0.2) is 60.7 Å². The molecular formula is C22H14Cl4. The van der Waals surface area contributed by atoms with Crippen LogP contribution in [0.2, 0.25) is 20.1 Å². The molecule has 0 saturated heterocycles. The molecule has 3 aromatic carbocycles. The minimum Gasteiger partial charge on any atom is -0.0843 e. The van der Waals surface area contributed by atoms with Crippen LogP contribution in [0.5, 0.6) is 0 Å². The fourth-order valence-corrected chi connectivity index (χ4v) is 3.31. The van der Waals surface area contributed by atoms with Crippen LogP contribution in [0.1, 0.15) is 22.3 Å². The van der Waals surface area contributed by atoms with Crippen LogP contribution in [0.3, 0.4) is 0 Å². The summed E-state index contributed by atoms with van der Waals surface area (Å²) in [6, 6.07) is 19.1. The topological polar surface area (TPSA) is 0 Å². The zero-order valence-electron chi connectivity index (χ0n) is 13.6. The number of hydrogen-bond donors (Lipinski definition) is 0. The van der Waals surface area contributed by atoms with E-state index in [1.807, 2.05) is 72.8 Å². The second-order valence-electron chi connectivity index (χ2n) is 5.67. The Balaban J connectivity index is 1.72. The van der Waals surface area contributed by atoms with E-state index in [1.54, 1.807) is 12.1 Å². The van der Waals surface area contributed by atoms with Gasteiger partial charge in [-0.25, -0.2) is 0 Å². The van der Waals surface area contributed by atoms with Gasteiger partial charge in [0, 0.05) is 20.1 Å². The molecule has 0 aliphatic heterocycles. The molecule has 0 nitrogen and oxygen atoms in total. The van der Waals surface area contributed by atoms with Crippen LogP contribution in [0.4, 0.5) is 0 Å². The van der Waals surface area contributed by atoms with E-state index in [1.165, 1.54) is 0 Å². The molecule has 4 heteroatoms. The highest BCUT2D eigenvalue weighted by Gasteiger charge is 1.99. The highest BCUT2D eigenvalue weighted by Crippen LogP contribution is 2.24. The van der Waals surface area contributed by atoms with E-state index < -0.39 is 0 Å². The zero-order chi connectivity index (χ0) is 18.5. The SMILES string of the molecule is Clc1ccc(C=Cc2ccc(C=Cc3ccc(Cl)cc3Cl)cc2)c(Cl)c1. The first-order chi connectivity index (χ1) is 12.5. The molecule has 130 valence electrons. The van der Waals surface area contributed by atoms with Crippen molar-refractivity contribution in [3.63, 3.8) is 0 Å². The number of halogens is 4. The summed E-state index contributed by atoms with van der Waals surface area (Å²) in [4.78, 5) is 0. The van der Waals surface area contributed by atoms with Crippen LogP contribution in [-0.2, 0) is 0 Å². The third kappa shape index (κ3) is 5.16. The summed E-state index contributed by atoms with van der Waals surface area (Å²) in [5.41, 5.74) is 4.02. The Hall–Kier alpha value is -1.70. The Bertz CT molecular complexity index is 889. The van der Waals surface area contributed by atoms with Crippen LogP contribution in [0.25, 0.3) is 24.3 Å². The van der Waals surface area contributed by atoms with E-state index >= 15 is 0 Å². The Kier molecular flexibility index (Phi) is 6.45. The predicted molar refractivity (Wildman–Crippen MR) is 117 cm³/mol. The van der Waals surface area contributed by atoms with Crippen molar-refractivity contribution in [3.8, 4) is 0 Å². The molecule has 26 heavy (non-hydrogen) atoms. The van der Waals surface area contributed by atoms with Gasteiger partial charge in [-0.1, -0.05) is 107 Å². The van der Waals surface area contributed by atoms with Crippen molar-refractivity contribution in [2.75, 3.05) is 0 Å². The van der Waals surface area contributed by atoms with Crippen molar-refractivity contribution in [2.24, 2.45) is 0 Å². The van der Waals surface area contributed by atoms with Crippen LogP contribution < -0.4 is 0 Å². The number of benzene rings is 3. The molecule has 0 spiro atoms.